The molecule has 37 heavy (non-hydrogen) atoms. The van der Waals surface area contributed by atoms with E-state index in [4.69, 9.17) is 0 Å². The molecule has 2 aromatic carbocycles. The molecule has 0 unspecified atom stereocenters. The van der Waals surface area contributed by atoms with Gasteiger partial charge in [-0.1, -0.05) is 42.5 Å². The fourth-order valence-corrected chi connectivity index (χ4v) is 5.80. The number of halogens is 1. The second-order valence-corrected chi connectivity index (χ2v) is 10.6. The molecule has 0 spiro atoms. The molecule has 0 radical (unpaired) electrons. The van der Waals surface area contributed by atoms with E-state index in [1.807, 2.05) is 48.8 Å². The number of benzene rings is 2. The van der Waals surface area contributed by atoms with Crippen molar-refractivity contribution in [3.63, 3.8) is 0 Å². The number of thiazole rings is 2. The molecule has 3 aromatic heterocycles. The second-order valence-electron chi connectivity index (χ2n) is 8.49. The maximum Gasteiger partial charge on any atom is 0.274 e. The monoisotopic (exact) mass is 533 g/mol. The lowest BCUT2D eigenvalue weighted by atomic mass is 10.1. The van der Waals surface area contributed by atoms with Crippen LogP contribution in [0, 0.1) is 19.7 Å². The number of fused-ring (bicyclic) bond motifs is 1. The Hall–Kier alpha value is -3.89. The van der Waals surface area contributed by atoms with Gasteiger partial charge in [0.2, 0.25) is 0 Å². The molecule has 5 aromatic rings. The molecule has 3 heterocycles. The molecule has 188 valence electrons. The Morgan fingerprint density at radius 3 is 2.57 bits per heavy atom. The summed E-state index contributed by atoms with van der Waals surface area (Å²) < 4.78 is 15.3. The Kier molecular flexibility index (Phi) is 7.11. The van der Waals surface area contributed by atoms with Gasteiger partial charge >= 0.3 is 0 Å². The molecular weight excluding hydrogens is 509 g/mol. The molecule has 0 atom stereocenters. The van der Waals surface area contributed by atoms with Crippen LogP contribution in [-0.2, 0) is 6.54 Å². The number of rotatable bonds is 8. The first-order chi connectivity index (χ1) is 17.9. The molecule has 0 aliphatic rings. The third kappa shape index (κ3) is 5.30. The predicted molar refractivity (Wildman–Crippen MR) is 144 cm³/mol. The van der Waals surface area contributed by atoms with Crippen LogP contribution in [0.4, 0.5) is 4.39 Å². The molecule has 0 aliphatic heterocycles. The Labute approximate surface area is 221 Å². The summed E-state index contributed by atoms with van der Waals surface area (Å²) in [6, 6.07) is 15.7. The average Bonchev–Trinajstić information content (AvgIpc) is 3.58. The lowest BCUT2D eigenvalue weighted by molar-refractivity contribution is 0.0732. The van der Waals surface area contributed by atoms with Gasteiger partial charge in [0, 0.05) is 31.2 Å². The van der Waals surface area contributed by atoms with Crippen molar-refractivity contribution in [3.8, 4) is 10.4 Å². The molecule has 10 heteroatoms. The van der Waals surface area contributed by atoms with Gasteiger partial charge in [0.15, 0.2) is 4.96 Å². The van der Waals surface area contributed by atoms with Gasteiger partial charge in [0.05, 0.1) is 15.6 Å². The molecule has 0 bridgehead atoms. The minimum Gasteiger partial charge on any atom is -0.349 e. The molecule has 0 saturated carbocycles. The van der Waals surface area contributed by atoms with Gasteiger partial charge in [-0.2, -0.15) is 0 Å². The number of aryl methyl sites for hydroxylation is 2. The van der Waals surface area contributed by atoms with Crippen LogP contribution >= 0.6 is 22.7 Å². The molecule has 0 saturated heterocycles. The fourth-order valence-electron chi connectivity index (χ4n) is 4.13. The quantitative estimate of drug-likeness (QED) is 0.292. The molecule has 0 fully saturated rings. The first kappa shape index (κ1) is 24.8. The maximum absolute atomic E-state index is 13.8. The zero-order valence-corrected chi connectivity index (χ0v) is 21.9. The van der Waals surface area contributed by atoms with E-state index in [2.05, 4.69) is 15.3 Å². The minimum atomic E-state index is -0.341. The summed E-state index contributed by atoms with van der Waals surface area (Å²) in [4.78, 5) is 38.9. The maximum atomic E-state index is 13.8. The van der Waals surface area contributed by atoms with Crippen LogP contribution in [-0.4, -0.2) is 44.2 Å². The summed E-state index contributed by atoms with van der Waals surface area (Å²) in [5, 5.41) is 5.59. The lowest BCUT2D eigenvalue weighted by Gasteiger charge is -2.23. The predicted octanol–water partition coefficient (Wildman–Crippen LogP) is 5.35. The van der Waals surface area contributed by atoms with E-state index in [1.165, 1.54) is 34.8 Å². The smallest absolute Gasteiger partial charge is 0.274 e. The van der Waals surface area contributed by atoms with Gasteiger partial charge in [0.1, 0.15) is 17.2 Å². The number of aromatic nitrogens is 3. The minimum absolute atomic E-state index is 0.229. The first-order valence-electron chi connectivity index (χ1n) is 11.7. The summed E-state index contributed by atoms with van der Waals surface area (Å²) in [5.41, 5.74) is 3.19. The highest BCUT2D eigenvalue weighted by atomic mass is 32.1. The number of nitrogens with zero attached hydrogens (tertiary/aromatic N) is 4. The number of carbonyl (C=O) groups is 2. The second kappa shape index (κ2) is 10.6. The van der Waals surface area contributed by atoms with Gasteiger partial charge in [-0.05, 0) is 37.1 Å². The number of hydrogen-bond donors (Lipinski definition) is 1. The number of imidazole rings is 1. The van der Waals surface area contributed by atoms with E-state index >= 15 is 0 Å². The molecule has 2 amide bonds. The van der Waals surface area contributed by atoms with Crippen LogP contribution in [0.3, 0.4) is 0 Å². The largest absolute Gasteiger partial charge is 0.349 e. The molecule has 1 N–H and O–H groups in total. The van der Waals surface area contributed by atoms with E-state index in [9.17, 15) is 14.0 Å². The normalized spacial score (nSPS) is 11.1. The van der Waals surface area contributed by atoms with E-state index in [-0.39, 0.29) is 37.3 Å². The third-order valence-corrected chi connectivity index (χ3v) is 7.64. The highest BCUT2D eigenvalue weighted by Gasteiger charge is 2.24. The van der Waals surface area contributed by atoms with E-state index in [1.54, 1.807) is 28.4 Å². The van der Waals surface area contributed by atoms with E-state index in [0.717, 1.165) is 26.0 Å². The fraction of sp³-hybridized carbons (Fsp3) is 0.185. The number of hydrogen-bond acceptors (Lipinski definition) is 6. The number of amides is 2. The Bertz CT molecular complexity index is 1560. The van der Waals surface area contributed by atoms with Crippen LogP contribution in [0.2, 0.25) is 0 Å². The van der Waals surface area contributed by atoms with Gasteiger partial charge in [0.25, 0.3) is 11.8 Å². The Morgan fingerprint density at radius 2 is 1.81 bits per heavy atom. The van der Waals surface area contributed by atoms with Crippen LogP contribution in [0.5, 0.6) is 0 Å². The van der Waals surface area contributed by atoms with Crippen molar-refractivity contribution in [3.05, 3.63) is 99.6 Å². The van der Waals surface area contributed by atoms with Crippen LogP contribution in [0.25, 0.3) is 15.4 Å². The van der Waals surface area contributed by atoms with Crippen LogP contribution < -0.4 is 5.32 Å². The highest BCUT2D eigenvalue weighted by molar-refractivity contribution is 7.15. The van der Waals surface area contributed by atoms with Crippen molar-refractivity contribution in [2.24, 2.45) is 0 Å². The summed E-state index contributed by atoms with van der Waals surface area (Å²) in [7, 11) is 0. The SMILES string of the molecule is Cc1nc(C(=O)N(CCNC(=O)c2c(C)nc3sccn23)Cc2ccc(F)cc2)c(-c2ccccc2)s1. The molecule has 7 nitrogen and oxygen atoms in total. The zero-order valence-electron chi connectivity index (χ0n) is 20.3. The summed E-state index contributed by atoms with van der Waals surface area (Å²) in [6.45, 7) is 4.40. The molecule has 0 aliphatic carbocycles. The van der Waals surface area contributed by atoms with Gasteiger partial charge < -0.3 is 10.2 Å². The van der Waals surface area contributed by atoms with Crippen LogP contribution in [0.15, 0.2) is 66.2 Å². The molecule has 5 rings (SSSR count). The van der Waals surface area contributed by atoms with Crippen molar-refractivity contribution in [1.82, 2.24) is 24.6 Å². The summed E-state index contributed by atoms with van der Waals surface area (Å²) in [5.74, 6) is -0.846. The number of carbonyl (C=O) groups excluding carboxylic acids is 2. The van der Waals surface area contributed by atoms with Gasteiger partial charge in [-0.25, -0.2) is 14.4 Å². The van der Waals surface area contributed by atoms with Crippen molar-refractivity contribution >= 4 is 39.4 Å². The first-order valence-corrected chi connectivity index (χ1v) is 13.4. The van der Waals surface area contributed by atoms with Crippen LogP contribution in [0.1, 0.15) is 37.2 Å². The highest BCUT2D eigenvalue weighted by Crippen LogP contribution is 2.31. The van der Waals surface area contributed by atoms with Crippen molar-refractivity contribution in [1.29, 1.82) is 0 Å². The van der Waals surface area contributed by atoms with Crippen molar-refractivity contribution in [2.75, 3.05) is 13.1 Å². The topological polar surface area (TPSA) is 79.6 Å². The number of nitrogens with one attached hydrogen (secondary N) is 1. The van der Waals surface area contributed by atoms with Crippen molar-refractivity contribution < 1.29 is 14.0 Å². The standard InChI is InChI=1S/C27H24FN5O2S2/c1-17-23(33-14-15-36-27(33)30-17)25(34)29-12-13-32(16-19-8-10-21(28)11-9-19)26(35)22-24(37-18(2)31-22)20-6-4-3-5-7-20/h3-11,14-15H,12-13,16H2,1-2H3,(H,29,34). The summed E-state index contributed by atoms with van der Waals surface area (Å²) in [6.07, 6.45) is 1.81. The lowest BCUT2D eigenvalue weighted by Crippen LogP contribution is -2.39. The van der Waals surface area contributed by atoms with E-state index in [0.29, 0.717) is 17.1 Å². The zero-order chi connectivity index (χ0) is 25.9. The van der Waals surface area contributed by atoms with E-state index < -0.39 is 0 Å². The molecular formula is C27H24FN5O2S2. The van der Waals surface area contributed by atoms with Gasteiger partial charge in [-0.15, -0.1) is 22.7 Å². The van der Waals surface area contributed by atoms with Crippen molar-refractivity contribution in [2.45, 2.75) is 20.4 Å². The Balaban J connectivity index is 1.38. The summed E-state index contributed by atoms with van der Waals surface area (Å²) >= 11 is 2.93. The third-order valence-electron chi connectivity index (χ3n) is 5.87. The average molecular weight is 534 g/mol. The van der Waals surface area contributed by atoms with Gasteiger partial charge in [-0.3, -0.25) is 14.0 Å². The Morgan fingerprint density at radius 1 is 1.05 bits per heavy atom.